The van der Waals surface area contributed by atoms with Gasteiger partial charge in [-0.3, -0.25) is 14.5 Å². The number of nitrogens with zero attached hydrogens (tertiary/aromatic N) is 2. The zero-order valence-corrected chi connectivity index (χ0v) is 19.1. The quantitative estimate of drug-likeness (QED) is 0.628. The summed E-state index contributed by atoms with van der Waals surface area (Å²) in [5.74, 6) is -0.190. The average molecular weight is 430 g/mol. The summed E-state index contributed by atoms with van der Waals surface area (Å²) >= 11 is 0. The predicted octanol–water partition coefficient (Wildman–Crippen LogP) is 5.13. The first kappa shape index (κ1) is 20.8. The number of hydrogen-bond donors (Lipinski definition) is 1. The minimum absolute atomic E-state index is 0.0675. The van der Waals surface area contributed by atoms with E-state index in [-0.39, 0.29) is 17.9 Å². The Morgan fingerprint density at radius 1 is 1.03 bits per heavy atom. The van der Waals surface area contributed by atoms with E-state index < -0.39 is 5.54 Å². The van der Waals surface area contributed by atoms with Crippen LogP contribution in [-0.2, 0) is 11.3 Å². The van der Waals surface area contributed by atoms with E-state index in [1.165, 1.54) is 6.42 Å². The van der Waals surface area contributed by atoms with E-state index in [0.717, 1.165) is 53.4 Å². The second-order valence-corrected chi connectivity index (χ2v) is 9.69. The van der Waals surface area contributed by atoms with Gasteiger partial charge in [-0.05, 0) is 62.9 Å². The first-order chi connectivity index (χ1) is 15.4. The zero-order valence-electron chi connectivity index (χ0n) is 19.1. The molecule has 1 aliphatic carbocycles. The molecule has 3 aromatic rings. The highest BCUT2D eigenvalue weighted by Gasteiger charge is 2.49. The van der Waals surface area contributed by atoms with Crippen LogP contribution in [0.1, 0.15) is 60.6 Å². The van der Waals surface area contributed by atoms with Crippen molar-refractivity contribution >= 4 is 28.4 Å². The molecule has 5 heteroatoms. The van der Waals surface area contributed by atoms with Crippen LogP contribution in [0.3, 0.4) is 0 Å². The van der Waals surface area contributed by atoms with Crippen LogP contribution in [0.5, 0.6) is 0 Å². The summed E-state index contributed by atoms with van der Waals surface area (Å²) in [5.41, 5.74) is 3.47. The van der Waals surface area contributed by atoms with Crippen LogP contribution in [0, 0.1) is 13.8 Å². The Balaban J connectivity index is 1.64. The van der Waals surface area contributed by atoms with E-state index in [9.17, 15) is 9.59 Å². The fourth-order valence-corrected chi connectivity index (χ4v) is 5.37. The van der Waals surface area contributed by atoms with E-state index in [4.69, 9.17) is 0 Å². The van der Waals surface area contributed by atoms with Gasteiger partial charge in [0.2, 0.25) is 5.91 Å². The molecule has 1 saturated carbocycles. The lowest BCUT2D eigenvalue weighted by atomic mass is 9.90. The van der Waals surface area contributed by atoms with Gasteiger partial charge in [0.1, 0.15) is 11.2 Å². The molecule has 0 bridgehead atoms. The Labute approximate surface area is 189 Å². The summed E-state index contributed by atoms with van der Waals surface area (Å²) in [6.07, 6.45) is 5.55. The van der Waals surface area contributed by atoms with Crippen molar-refractivity contribution in [3.05, 3.63) is 65.4 Å². The van der Waals surface area contributed by atoms with Crippen molar-refractivity contribution < 1.29 is 9.59 Å². The first-order valence-corrected chi connectivity index (χ1v) is 11.7. The lowest BCUT2D eigenvalue weighted by Crippen LogP contribution is -2.65. The minimum atomic E-state index is -1.03. The molecule has 166 valence electrons. The van der Waals surface area contributed by atoms with Gasteiger partial charge < -0.3 is 9.88 Å². The number of carbonyl (C=O) groups is 2. The molecule has 2 aliphatic rings. The maximum atomic E-state index is 14.0. The molecular formula is C27H31N3O2. The normalized spacial score (nSPS) is 21.6. The van der Waals surface area contributed by atoms with Gasteiger partial charge in [-0.15, -0.1) is 0 Å². The molecule has 2 aromatic carbocycles. The van der Waals surface area contributed by atoms with Crippen molar-refractivity contribution in [2.75, 3.05) is 4.90 Å². The maximum absolute atomic E-state index is 14.0. The summed E-state index contributed by atoms with van der Waals surface area (Å²) < 4.78 is 2.03. The van der Waals surface area contributed by atoms with Crippen molar-refractivity contribution in [2.45, 2.75) is 71.0 Å². The number of nitrogens with one attached hydrogen (secondary N) is 1. The van der Waals surface area contributed by atoms with Crippen LogP contribution in [-0.4, -0.2) is 28.0 Å². The van der Waals surface area contributed by atoms with Crippen molar-refractivity contribution in [3.63, 3.8) is 0 Å². The van der Waals surface area contributed by atoms with Crippen LogP contribution in [0.2, 0.25) is 0 Å². The van der Waals surface area contributed by atoms with Crippen LogP contribution in [0.4, 0.5) is 5.69 Å². The second-order valence-electron chi connectivity index (χ2n) is 9.69. The van der Waals surface area contributed by atoms with Gasteiger partial charge in [-0.1, -0.05) is 49.6 Å². The van der Waals surface area contributed by atoms with Gasteiger partial charge in [0.15, 0.2) is 0 Å². The Kier molecular flexibility index (Phi) is 5.07. The van der Waals surface area contributed by atoms with E-state index in [1.807, 2.05) is 73.9 Å². The van der Waals surface area contributed by atoms with Gasteiger partial charge in [0.25, 0.3) is 5.91 Å². The van der Waals surface area contributed by atoms with E-state index >= 15 is 0 Å². The predicted molar refractivity (Wildman–Crippen MR) is 128 cm³/mol. The van der Waals surface area contributed by atoms with Crippen LogP contribution >= 0.6 is 0 Å². The lowest BCUT2D eigenvalue weighted by molar-refractivity contribution is -0.127. The molecule has 0 saturated heterocycles. The number of rotatable bonds is 3. The first-order valence-electron chi connectivity index (χ1n) is 11.7. The molecule has 5 nitrogen and oxygen atoms in total. The molecule has 0 radical (unpaired) electrons. The van der Waals surface area contributed by atoms with Gasteiger partial charge in [-0.2, -0.15) is 0 Å². The number of benzene rings is 2. The molecule has 2 heterocycles. The Bertz CT molecular complexity index is 1200. The third-order valence-electron chi connectivity index (χ3n) is 7.23. The highest BCUT2D eigenvalue weighted by atomic mass is 16.2. The zero-order chi connectivity index (χ0) is 22.5. The molecule has 1 aliphatic heterocycles. The van der Waals surface area contributed by atoms with Gasteiger partial charge in [0.05, 0.1) is 6.54 Å². The monoisotopic (exact) mass is 429 g/mol. The minimum Gasteiger partial charge on any atom is -0.351 e. The van der Waals surface area contributed by atoms with Gasteiger partial charge in [-0.25, -0.2) is 0 Å². The summed E-state index contributed by atoms with van der Waals surface area (Å²) in [7, 11) is 0. The van der Waals surface area contributed by atoms with Crippen molar-refractivity contribution in [3.8, 4) is 0 Å². The third-order valence-corrected chi connectivity index (χ3v) is 7.23. The Morgan fingerprint density at radius 3 is 2.56 bits per heavy atom. The van der Waals surface area contributed by atoms with Crippen LogP contribution in [0.15, 0.2) is 48.5 Å². The summed E-state index contributed by atoms with van der Waals surface area (Å²) in [6.45, 7) is 6.37. The topological polar surface area (TPSA) is 54.3 Å². The van der Waals surface area contributed by atoms with E-state index in [2.05, 4.69) is 5.32 Å². The molecule has 1 fully saturated rings. The van der Waals surface area contributed by atoms with E-state index in [0.29, 0.717) is 12.2 Å². The molecule has 2 amide bonds. The van der Waals surface area contributed by atoms with Crippen LogP contribution in [0.25, 0.3) is 10.9 Å². The highest BCUT2D eigenvalue weighted by molar-refractivity contribution is 6.14. The molecule has 1 N–H and O–H groups in total. The second kappa shape index (κ2) is 7.80. The number of anilines is 1. The molecule has 5 rings (SSSR count). The molecule has 0 spiro atoms. The maximum Gasteiger partial charge on any atom is 0.275 e. The van der Waals surface area contributed by atoms with Crippen molar-refractivity contribution in [1.82, 2.24) is 9.88 Å². The average Bonchev–Trinajstić information content (AvgIpc) is 3.15. The summed E-state index contributed by atoms with van der Waals surface area (Å²) in [4.78, 5) is 29.6. The fraction of sp³-hybridized carbons (Fsp3) is 0.407. The van der Waals surface area contributed by atoms with Crippen molar-refractivity contribution in [1.29, 1.82) is 0 Å². The number of amides is 2. The smallest absolute Gasteiger partial charge is 0.275 e. The van der Waals surface area contributed by atoms with Crippen LogP contribution < -0.4 is 10.2 Å². The number of aryl methyl sites for hydroxylation is 2. The Morgan fingerprint density at radius 2 is 1.78 bits per heavy atom. The SMILES string of the molecule is Cc1ccc(C)c(N2C(=O)c3cc4ccccc4n3C[C@]2(C)C(=O)NC2CCCCC2)c1. The number of carbonyl (C=O) groups excluding carboxylic acids is 2. The molecule has 0 unspecified atom stereocenters. The number of para-hydroxylation sites is 1. The molecular weight excluding hydrogens is 398 g/mol. The highest BCUT2D eigenvalue weighted by Crippen LogP contribution is 2.38. The molecule has 32 heavy (non-hydrogen) atoms. The Hall–Kier alpha value is -3.08. The number of aromatic nitrogens is 1. The number of hydrogen-bond acceptors (Lipinski definition) is 2. The summed E-state index contributed by atoms with van der Waals surface area (Å²) in [5, 5.41) is 4.33. The standard InChI is InChI=1S/C27H31N3O2/c1-18-13-14-19(2)23(15-18)30-25(31)24-16-20-9-7-8-12-22(20)29(24)17-27(30,3)26(32)28-21-10-5-4-6-11-21/h7-9,12-16,21H,4-6,10-11,17H2,1-3H3,(H,28,32)/t27-/m1/s1. The van der Waals surface area contributed by atoms with Gasteiger partial charge in [0, 0.05) is 22.6 Å². The molecule has 1 aromatic heterocycles. The third kappa shape index (κ3) is 3.31. The van der Waals surface area contributed by atoms with Gasteiger partial charge >= 0.3 is 0 Å². The summed E-state index contributed by atoms with van der Waals surface area (Å²) in [6, 6.07) is 16.3. The fourth-order valence-electron chi connectivity index (χ4n) is 5.37. The number of fused-ring (bicyclic) bond motifs is 3. The molecule has 1 atom stereocenters. The largest absolute Gasteiger partial charge is 0.351 e. The van der Waals surface area contributed by atoms with Crippen molar-refractivity contribution in [2.24, 2.45) is 0 Å². The van der Waals surface area contributed by atoms with E-state index in [1.54, 1.807) is 4.90 Å². The lowest BCUT2D eigenvalue weighted by Gasteiger charge is -2.45.